The Balaban J connectivity index is 2.59. The third-order valence-electron chi connectivity index (χ3n) is 1.88. The largest absolute Gasteiger partial charge is 0.439 e. The predicted molar refractivity (Wildman–Crippen MR) is 67.9 cm³/mol. The van der Waals surface area contributed by atoms with Crippen LogP contribution in [0.3, 0.4) is 0 Å². The van der Waals surface area contributed by atoms with Crippen LogP contribution in [0.15, 0.2) is 18.2 Å². The van der Waals surface area contributed by atoms with Crippen LogP contribution in [0.2, 0.25) is 10.0 Å². The number of amides is 1. The molecule has 0 aliphatic heterocycles. The minimum Gasteiger partial charge on any atom is -0.439 e. The highest BCUT2D eigenvalue weighted by Crippen LogP contribution is 2.25. The number of nitrogens with one attached hydrogen (secondary N) is 1. The first-order chi connectivity index (χ1) is 8.38. The topological polar surface area (TPSA) is 81.5 Å². The second-order valence-corrected chi connectivity index (χ2v) is 4.32. The van der Waals surface area contributed by atoms with Crippen molar-refractivity contribution in [2.45, 2.75) is 13.0 Å². The maximum Gasteiger partial charge on any atom is 0.412 e. The molecule has 1 rings (SSSR count). The van der Waals surface area contributed by atoms with Gasteiger partial charge < -0.3 is 4.74 Å². The second kappa shape index (κ2) is 6.42. The van der Waals surface area contributed by atoms with Crippen molar-refractivity contribution in [3.63, 3.8) is 0 Å². The molecule has 0 bridgehead atoms. The zero-order valence-electron chi connectivity index (χ0n) is 9.35. The molecule has 1 N–H and O–H groups in total. The normalized spacial score (nSPS) is 11.7. The third-order valence-corrected chi connectivity index (χ3v) is 2.44. The summed E-state index contributed by atoms with van der Waals surface area (Å²) in [5.74, 6) is 0. The van der Waals surface area contributed by atoms with Crippen molar-refractivity contribution in [3.05, 3.63) is 38.4 Å². The van der Waals surface area contributed by atoms with E-state index >= 15 is 0 Å². The lowest BCUT2D eigenvalue weighted by molar-refractivity contribution is -0.488. The van der Waals surface area contributed by atoms with Gasteiger partial charge in [-0.05, 0) is 25.1 Å². The molecule has 1 aromatic carbocycles. The van der Waals surface area contributed by atoms with Crippen molar-refractivity contribution in [1.82, 2.24) is 0 Å². The lowest BCUT2D eigenvalue weighted by atomic mass is 10.3. The van der Waals surface area contributed by atoms with E-state index < -0.39 is 23.7 Å². The summed E-state index contributed by atoms with van der Waals surface area (Å²) in [6.07, 6.45) is -1.66. The summed E-state index contributed by atoms with van der Waals surface area (Å²) < 4.78 is 4.77. The van der Waals surface area contributed by atoms with Gasteiger partial charge in [0, 0.05) is 9.95 Å². The van der Waals surface area contributed by atoms with Gasteiger partial charge in [0.05, 0.1) is 10.7 Å². The van der Waals surface area contributed by atoms with Crippen molar-refractivity contribution in [3.8, 4) is 0 Å². The minimum absolute atomic E-state index is 0.280. The Morgan fingerprint density at radius 3 is 2.83 bits per heavy atom. The second-order valence-electron chi connectivity index (χ2n) is 3.48. The Hall–Kier alpha value is -1.53. The molecule has 0 aliphatic carbocycles. The maximum atomic E-state index is 11.4. The molecular formula is C10H10Cl2N2O4. The number of hydrogen-bond donors (Lipinski definition) is 1. The molecule has 1 unspecified atom stereocenters. The quantitative estimate of drug-likeness (QED) is 0.682. The molecular weight excluding hydrogens is 283 g/mol. The van der Waals surface area contributed by atoms with Crippen molar-refractivity contribution in [1.29, 1.82) is 0 Å². The SMILES string of the molecule is CC(C[N+](=O)[O-])OC(=O)Nc1cc(Cl)ccc1Cl. The van der Waals surface area contributed by atoms with E-state index in [0.29, 0.717) is 10.0 Å². The van der Waals surface area contributed by atoms with Gasteiger partial charge in [0.25, 0.3) is 0 Å². The van der Waals surface area contributed by atoms with E-state index in [1.807, 2.05) is 0 Å². The van der Waals surface area contributed by atoms with Gasteiger partial charge in [0.15, 0.2) is 6.10 Å². The number of benzene rings is 1. The molecule has 0 saturated heterocycles. The van der Waals surface area contributed by atoms with Gasteiger partial charge in [0.2, 0.25) is 6.54 Å². The molecule has 8 heteroatoms. The first kappa shape index (κ1) is 14.5. The van der Waals surface area contributed by atoms with Gasteiger partial charge in [-0.2, -0.15) is 0 Å². The average Bonchev–Trinajstić information content (AvgIpc) is 2.21. The first-order valence-electron chi connectivity index (χ1n) is 4.93. The summed E-state index contributed by atoms with van der Waals surface area (Å²) in [5.41, 5.74) is 0.280. The van der Waals surface area contributed by atoms with Gasteiger partial charge in [-0.1, -0.05) is 23.2 Å². The van der Waals surface area contributed by atoms with Crippen LogP contribution in [0.1, 0.15) is 6.92 Å². The fraction of sp³-hybridized carbons (Fsp3) is 0.300. The lowest BCUT2D eigenvalue weighted by Crippen LogP contribution is -2.26. The van der Waals surface area contributed by atoms with Crippen LogP contribution in [0.25, 0.3) is 0 Å². The predicted octanol–water partition coefficient (Wildman–Crippen LogP) is 3.21. The van der Waals surface area contributed by atoms with Crippen molar-refractivity contribution >= 4 is 35.0 Å². The van der Waals surface area contributed by atoms with E-state index in [1.165, 1.54) is 19.1 Å². The van der Waals surface area contributed by atoms with Crippen LogP contribution in [0, 0.1) is 10.1 Å². The molecule has 1 amide bonds. The van der Waals surface area contributed by atoms with E-state index in [2.05, 4.69) is 5.32 Å². The molecule has 6 nitrogen and oxygen atoms in total. The summed E-state index contributed by atoms with van der Waals surface area (Å²) in [5, 5.41) is 13.2. The molecule has 0 spiro atoms. The molecule has 0 heterocycles. The zero-order chi connectivity index (χ0) is 13.7. The van der Waals surface area contributed by atoms with Gasteiger partial charge >= 0.3 is 6.09 Å². The number of ether oxygens (including phenoxy) is 1. The highest BCUT2D eigenvalue weighted by atomic mass is 35.5. The smallest absolute Gasteiger partial charge is 0.412 e. The summed E-state index contributed by atoms with van der Waals surface area (Å²) in [6, 6.07) is 4.53. The van der Waals surface area contributed by atoms with Crippen LogP contribution in [0.5, 0.6) is 0 Å². The van der Waals surface area contributed by atoms with Crippen molar-refractivity contribution in [2.24, 2.45) is 0 Å². The fourth-order valence-corrected chi connectivity index (χ4v) is 1.50. The number of carbonyl (C=O) groups is 1. The third kappa shape index (κ3) is 4.77. The molecule has 0 aliphatic rings. The van der Waals surface area contributed by atoms with Gasteiger partial charge in [0.1, 0.15) is 0 Å². The molecule has 1 aromatic rings. The molecule has 0 aromatic heterocycles. The Morgan fingerprint density at radius 1 is 1.56 bits per heavy atom. The van der Waals surface area contributed by atoms with Crippen LogP contribution in [-0.4, -0.2) is 23.7 Å². The fourth-order valence-electron chi connectivity index (χ4n) is 1.16. The number of carbonyl (C=O) groups excluding carboxylic acids is 1. The van der Waals surface area contributed by atoms with E-state index in [1.54, 1.807) is 6.07 Å². The van der Waals surface area contributed by atoms with Crippen LogP contribution < -0.4 is 5.32 Å². The Kier molecular flexibility index (Phi) is 5.18. The van der Waals surface area contributed by atoms with Crippen molar-refractivity contribution < 1.29 is 14.5 Å². The molecule has 0 saturated carbocycles. The summed E-state index contributed by atoms with van der Waals surface area (Å²) in [7, 11) is 0. The van der Waals surface area contributed by atoms with E-state index in [0.717, 1.165) is 0 Å². The number of halogens is 2. The van der Waals surface area contributed by atoms with E-state index in [-0.39, 0.29) is 5.69 Å². The van der Waals surface area contributed by atoms with Crippen LogP contribution in [0.4, 0.5) is 10.5 Å². The maximum absolute atomic E-state index is 11.4. The standard InChI is InChI=1S/C10H10Cl2N2O4/c1-6(5-14(16)17)18-10(15)13-9-4-7(11)2-3-8(9)12/h2-4,6H,5H2,1H3,(H,13,15). The van der Waals surface area contributed by atoms with Crippen LogP contribution >= 0.6 is 23.2 Å². The van der Waals surface area contributed by atoms with Crippen molar-refractivity contribution in [2.75, 3.05) is 11.9 Å². The molecule has 0 radical (unpaired) electrons. The molecule has 18 heavy (non-hydrogen) atoms. The molecule has 1 atom stereocenters. The van der Waals surface area contributed by atoms with Gasteiger partial charge in [-0.15, -0.1) is 0 Å². The van der Waals surface area contributed by atoms with E-state index in [9.17, 15) is 14.9 Å². The number of nitro groups is 1. The average molecular weight is 293 g/mol. The summed E-state index contributed by atoms with van der Waals surface area (Å²) in [4.78, 5) is 21.0. The van der Waals surface area contributed by atoms with E-state index in [4.69, 9.17) is 27.9 Å². The molecule has 0 fully saturated rings. The number of hydrogen-bond acceptors (Lipinski definition) is 4. The van der Waals surface area contributed by atoms with Crippen LogP contribution in [-0.2, 0) is 4.74 Å². The minimum atomic E-state index is -0.835. The van der Waals surface area contributed by atoms with Gasteiger partial charge in [-0.25, -0.2) is 4.79 Å². The van der Waals surface area contributed by atoms with Gasteiger partial charge in [-0.3, -0.25) is 15.4 Å². The zero-order valence-corrected chi connectivity index (χ0v) is 10.9. The highest BCUT2D eigenvalue weighted by molar-refractivity contribution is 6.35. The Morgan fingerprint density at radius 2 is 2.22 bits per heavy atom. The summed E-state index contributed by atoms with van der Waals surface area (Å²) >= 11 is 11.6. The first-order valence-corrected chi connectivity index (χ1v) is 5.68. The highest BCUT2D eigenvalue weighted by Gasteiger charge is 2.15. The number of anilines is 1. The lowest BCUT2D eigenvalue weighted by Gasteiger charge is -2.11. The summed E-state index contributed by atoms with van der Waals surface area (Å²) in [6.45, 7) is 0.957. The number of nitrogens with zero attached hydrogens (tertiary/aromatic N) is 1. The number of rotatable bonds is 4. The monoisotopic (exact) mass is 292 g/mol. The Labute approximate surface area is 113 Å². The molecule has 98 valence electrons. The Bertz CT molecular complexity index is 467.